The van der Waals surface area contributed by atoms with Gasteiger partial charge in [0.15, 0.2) is 22.4 Å². The molecule has 0 aliphatic heterocycles. The van der Waals surface area contributed by atoms with Gasteiger partial charge in [-0.25, -0.2) is 9.78 Å². The first kappa shape index (κ1) is 18.5. The van der Waals surface area contributed by atoms with Crippen molar-refractivity contribution in [3.63, 3.8) is 0 Å². The third-order valence-electron chi connectivity index (χ3n) is 3.62. The first-order chi connectivity index (χ1) is 13.1. The number of benzene rings is 2. The van der Waals surface area contributed by atoms with Crippen LogP contribution in [-0.4, -0.2) is 25.2 Å². The number of carbonyl (C=O) groups excluding carboxylic acids is 1. The summed E-state index contributed by atoms with van der Waals surface area (Å²) in [4.78, 5) is 16.3. The molecule has 0 spiro atoms. The second-order valence-corrected chi connectivity index (χ2v) is 6.40. The van der Waals surface area contributed by atoms with Gasteiger partial charge in [0.25, 0.3) is 0 Å². The van der Waals surface area contributed by atoms with Crippen molar-refractivity contribution in [2.45, 2.75) is 6.92 Å². The van der Waals surface area contributed by atoms with E-state index in [4.69, 9.17) is 14.2 Å². The normalized spacial score (nSPS) is 10.2. The van der Waals surface area contributed by atoms with E-state index in [9.17, 15) is 4.79 Å². The fourth-order valence-corrected chi connectivity index (χ4v) is 2.93. The van der Waals surface area contributed by atoms with Crippen molar-refractivity contribution in [3.8, 4) is 23.0 Å². The van der Waals surface area contributed by atoms with Crippen molar-refractivity contribution >= 4 is 28.2 Å². The minimum absolute atomic E-state index is 0.406. The molecule has 27 heavy (non-hydrogen) atoms. The lowest BCUT2D eigenvalue weighted by molar-refractivity contribution is 0.262. The highest BCUT2D eigenvalue weighted by Gasteiger charge is 2.15. The van der Waals surface area contributed by atoms with Crippen molar-refractivity contribution < 1.29 is 19.0 Å². The Morgan fingerprint density at radius 3 is 2.56 bits per heavy atom. The predicted octanol–water partition coefficient (Wildman–Crippen LogP) is 4.91. The highest BCUT2D eigenvalue weighted by atomic mass is 32.1. The van der Waals surface area contributed by atoms with Gasteiger partial charge in [-0.1, -0.05) is 12.1 Å². The maximum absolute atomic E-state index is 12.2. The molecule has 140 valence electrons. The average Bonchev–Trinajstić information content (AvgIpc) is 3.16. The molecule has 0 saturated carbocycles. The molecule has 2 amide bonds. The minimum atomic E-state index is -0.406. The monoisotopic (exact) mass is 385 g/mol. The molecule has 0 bridgehead atoms. The Morgan fingerprint density at radius 2 is 1.85 bits per heavy atom. The molecule has 3 rings (SSSR count). The third-order valence-corrected chi connectivity index (χ3v) is 4.31. The number of methoxy groups -OCH3 is 2. The number of anilines is 2. The van der Waals surface area contributed by atoms with Gasteiger partial charge in [0.1, 0.15) is 0 Å². The van der Waals surface area contributed by atoms with Crippen LogP contribution in [0.3, 0.4) is 0 Å². The Kier molecular flexibility index (Phi) is 5.77. The first-order valence-corrected chi connectivity index (χ1v) is 8.95. The first-order valence-electron chi connectivity index (χ1n) is 8.07. The summed E-state index contributed by atoms with van der Waals surface area (Å²) < 4.78 is 16.7. The lowest BCUT2D eigenvalue weighted by Gasteiger charge is -2.16. The van der Waals surface area contributed by atoms with Gasteiger partial charge in [-0.3, -0.25) is 5.32 Å². The Balaban J connectivity index is 1.85. The SMILES string of the molecule is COc1cccc(Oc2cc(C)ccc2NC(=O)Nc2nccs2)c1OC. The zero-order valence-corrected chi connectivity index (χ0v) is 15.9. The molecule has 0 radical (unpaired) electrons. The van der Waals surface area contributed by atoms with E-state index >= 15 is 0 Å². The number of aromatic nitrogens is 1. The smallest absolute Gasteiger partial charge is 0.325 e. The van der Waals surface area contributed by atoms with E-state index in [2.05, 4.69) is 15.6 Å². The van der Waals surface area contributed by atoms with Gasteiger partial charge < -0.3 is 19.5 Å². The number of aryl methyl sites for hydroxylation is 1. The van der Waals surface area contributed by atoms with Crippen LogP contribution in [0.2, 0.25) is 0 Å². The summed E-state index contributed by atoms with van der Waals surface area (Å²) in [7, 11) is 3.10. The standard InChI is InChI=1S/C19H19N3O4S/c1-12-7-8-13(21-18(23)22-19-20-9-10-27-19)16(11-12)26-15-6-4-5-14(24-2)17(15)25-3/h4-11H,1-3H3,(H2,20,21,22,23). The number of hydrogen-bond acceptors (Lipinski definition) is 6. The van der Waals surface area contributed by atoms with E-state index in [1.165, 1.54) is 11.3 Å². The molecule has 7 nitrogen and oxygen atoms in total. The number of thiazole rings is 1. The number of nitrogens with zero attached hydrogens (tertiary/aromatic N) is 1. The summed E-state index contributed by atoms with van der Waals surface area (Å²) in [6.07, 6.45) is 1.62. The van der Waals surface area contributed by atoms with Crippen LogP contribution >= 0.6 is 11.3 Å². The van der Waals surface area contributed by atoms with Crippen LogP contribution in [0.15, 0.2) is 48.0 Å². The number of ether oxygens (including phenoxy) is 3. The molecule has 0 saturated heterocycles. The molecule has 1 aromatic heterocycles. The molecule has 2 aromatic carbocycles. The Morgan fingerprint density at radius 1 is 1.04 bits per heavy atom. The zero-order valence-electron chi connectivity index (χ0n) is 15.1. The fourth-order valence-electron chi connectivity index (χ4n) is 2.41. The predicted molar refractivity (Wildman–Crippen MR) is 106 cm³/mol. The maximum Gasteiger partial charge on any atom is 0.325 e. The minimum Gasteiger partial charge on any atom is -0.493 e. The summed E-state index contributed by atoms with van der Waals surface area (Å²) in [5.41, 5.74) is 1.50. The second kappa shape index (κ2) is 8.41. The van der Waals surface area contributed by atoms with E-state index in [1.54, 1.807) is 50.1 Å². The molecule has 0 atom stereocenters. The second-order valence-electron chi connectivity index (χ2n) is 5.51. The molecule has 1 heterocycles. The molecular formula is C19H19N3O4S. The van der Waals surface area contributed by atoms with Crippen molar-refractivity contribution in [3.05, 3.63) is 53.5 Å². The van der Waals surface area contributed by atoms with Gasteiger partial charge in [0.05, 0.1) is 19.9 Å². The van der Waals surface area contributed by atoms with Crippen LogP contribution in [0.25, 0.3) is 0 Å². The maximum atomic E-state index is 12.2. The molecule has 0 unspecified atom stereocenters. The molecule has 3 aromatic rings. The van der Waals surface area contributed by atoms with Crippen LogP contribution in [0, 0.1) is 6.92 Å². The van der Waals surface area contributed by atoms with Crippen molar-refractivity contribution in [2.24, 2.45) is 0 Å². The Hall–Kier alpha value is -3.26. The van der Waals surface area contributed by atoms with E-state index < -0.39 is 6.03 Å². The van der Waals surface area contributed by atoms with E-state index in [0.717, 1.165) is 5.56 Å². The van der Waals surface area contributed by atoms with E-state index in [0.29, 0.717) is 33.8 Å². The van der Waals surface area contributed by atoms with Crippen LogP contribution in [0.4, 0.5) is 15.6 Å². The topological polar surface area (TPSA) is 81.7 Å². The number of carbonyl (C=O) groups is 1. The van der Waals surface area contributed by atoms with E-state index in [1.807, 2.05) is 19.1 Å². The van der Waals surface area contributed by atoms with Gasteiger partial charge >= 0.3 is 6.03 Å². The van der Waals surface area contributed by atoms with Gasteiger partial charge in [-0.05, 0) is 36.8 Å². The average molecular weight is 385 g/mol. The quantitative estimate of drug-likeness (QED) is 0.630. The Labute approximate surface area is 160 Å². The van der Waals surface area contributed by atoms with Crippen molar-refractivity contribution in [2.75, 3.05) is 24.9 Å². The molecule has 8 heteroatoms. The summed E-state index contributed by atoms with van der Waals surface area (Å²) >= 11 is 1.34. The molecular weight excluding hydrogens is 366 g/mol. The number of amides is 2. The summed E-state index contributed by atoms with van der Waals surface area (Å²) in [5, 5.41) is 7.75. The summed E-state index contributed by atoms with van der Waals surface area (Å²) in [5.74, 6) is 1.99. The van der Waals surface area contributed by atoms with Gasteiger partial charge in [-0.15, -0.1) is 11.3 Å². The summed E-state index contributed by atoms with van der Waals surface area (Å²) in [6, 6.07) is 10.4. The van der Waals surface area contributed by atoms with E-state index in [-0.39, 0.29) is 0 Å². The van der Waals surface area contributed by atoms with Crippen LogP contribution < -0.4 is 24.8 Å². The van der Waals surface area contributed by atoms with Crippen molar-refractivity contribution in [1.29, 1.82) is 0 Å². The van der Waals surface area contributed by atoms with Gasteiger partial charge in [0.2, 0.25) is 5.75 Å². The Bertz CT molecular complexity index is 929. The third kappa shape index (κ3) is 4.48. The van der Waals surface area contributed by atoms with Crippen LogP contribution in [0.5, 0.6) is 23.0 Å². The number of urea groups is 1. The van der Waals surface area contributed by atoms with Gasteiger partial charge in [0, 0.05) is 11.6 Å². The number of para-hydroxylation sites is 1. The number of rotatable bonds is 6. The number of hydrogen-bond donors (Lipinski definition) is 2. The lowest BCUT2D eigenvalue weighted by Crippen LogP contribution is -2.19. The fraction of sp³-hybridized carbons (Fsp3) is 0.158. The zero-order chi connectivity index (χ0) is 19.2. The van der Waals surface area contributed by atoms with Crippen LogP contribution in [0.1, 0.15) is 5.56 Å². The highest BCUT2D eigenvalue weighted by molar-refractivity contribution is 7.13. The summed E-state index contributed by atoms with van der Waals surface area (Å²) in [6.45, 7) is 1.94. The molecule has 2 N–H and O–H groups in total. The van der Waals surface area contributed by atoms with Gasteiger partial charge in [-0.2, -0.15) is 0 Å². The van der Waals surface area contributed by atoms with Crippen LogP contribution in [-0.2, 0) is 0 Å². The molecule has 0 aliphatic rings. The number of nitrogens with one attached hydrogen (secondary N) is 2. The van der Waals surface area contributed by atoms with Crippen molar-refractivity contribution in [1.82, 2.24) is 4.98 Å². The molecule has 0 aliphatic carbocycles. The highest BCUT2D eigenvalue weighted by Crippen LogP contribution is 2.41. The molecule has 0 fully saturated rings. The lowest BCUT2D eigenvalue weighted by atomic mass is 10.2. The largest absolute Gasteiger partial charge is 0.493 e.